The van der Waals surface area contributed by atoms with Gasteiger partial charge in [-0.1, -0.05) is 11.8 Å². The molecule has 0 aromatic carbocycles. The van der Waals surface area contributed by atoms with Crippen LogP contribution in [0.2, 0.25) is 0 Å². The molecule has 0 atom stereocenters. The fourth-order valence-electron chi connectivity index (χ4n) is 1.25. The van der Waals surface area contributed by atoms with Gasteiger partial charge in [-0.3, -0.25) is 0 Å². The molecule has 0 saturated carbocycles. The van der Waals surface area contributed by atoms with Gasteiger partial charge in [0.2, 0.25) is 0 Å². The van der Waals surface area contributed by atoms with E-state index in [-0.39, 0.29) is 0 Å². The third kappa shape index (κ3) is 2.06. The summed E-state index contributed by atoms with van der Waals surface area (Å²) in [5, 5.41) is 8.45. The van der Waals surface area contributed by atoms with Gasteiger partial charge in [0.05, 0.1) is 6.07 Å². The van der Waals surface area contributed by atoms with E-state index in [9.17, 15) is 0 Å². The van der Waals surface area contributed by atoms with Crippen molar-refractivity contribution in [2.75, 3.05) is 6.16 Å². The summed E-state index contributed by atoms with van der Waals surface area (Å²) >= 11 is 5.49. The molecule has 1 heterocycles. The van der Waals surface area contributed by atoms with Gasteiger partial charge in [-0.05, 0) is 48.8 Å². The average Bonchev–Trinajstić information content (AvgIpc) is 2.24. The molecular formula is C9H12NPS. The first-order valence-electron chi connectivity index (χ1n) is 3.92. The Bertz CT molecular complexity index is 311. The number of hydrogen-bond acceptors (Lipinski definition) is 2. The van der Waals surface area contributed by atoms with E-state index < -0.39 is 6.04 Å². The van der Waals surface area contributed by atoms with Crippen LogP contribution in [0.4, 0.5) is 0 Å². The lowest BCUT2D eigenvalue weighted by molar-refractivity contribution is 1.23. The summed E-state index contributed by atoms with van der Waals surface area (Å²) in [7, 11) is 0. The Hall–Kier alpha value is -0.380. The normalized spacial score (nSPS) is 19.8. The predicted octanol–water partition coefficient (Wildman–Crippen LogP) is 3.20. The molecule has 0 aliphatic carbocycles. The first-order valence-corrected chi connectivity index (χ1v) is 7.05. The van der Waals surface area contributed by atoms with E-state index in [1.165, 1.54) is 11.1 Å². The third-order valence-electron chi connectivity index (χ3n) is 2.02. The van der Waals surface area contributed by atoms with Crippen LogP contribution in [0.1, 0.15) is 20.3 Å². The molecule has 0 bridgehead atoms. The highest BCUT2D eigenvalue weighted by atomic mass is 32.4. The second-order valence-electron chi connectivity index (χ2n) is 3.11. The Balaban J connectivity index is 2.80. The smallest absolute Gasteiger partial charge is 0.0625 e. The molecule has 1 nitrogen and oxygen atoms in total. The molecule has 0 fully saturated rings. The zero-order valence-electron chi connectivity index (χ0n) is 7.37. The van der Waals surface area contributed by atoms with Crippen molar-refractivity contribution in [1.82, 2.24) is 0 Å². The van der Waals surface area contributed by atoms with Crippen molar-refractivity contribution in [2.24, 2.45) is 0 Å². The summed E-state index contributed by atoms with van der Waals surface area (Å²) in [6.07, 6.45) is 1.46. The van der Waals surface area contributed by atoms with Crippen molar-refractivity contribution in [1.29, 1.82) is 5.26 Å². The molecule has 1 aliphatic heterocycles. The molecule has 0 radical (unpaired) electrons. The monoisotopic (exact) mass is 197 g/mol. The molecule has 1 aliphatic rings. The molecule has 12 heavy (non-hydrogen) atoms. The van der Waals surface area contributed by atoms with Gasteiger partial charge in [-0.15, -0.1) is 0 Å². The Morgan fingerprint density at radius 3 is 2.33 bits per heavy atom. The van der Waals surface area contributed by atoms with Crippen molar-refractivity contribution < 1.29 is 0 Å². The van der Waals surface area contributed by atoms with Gasteiger partial charge in [0.25, 0.3) is 0 Å². The van der Waals surface area contributed by atoms with E-state index in [0.29, 0.717) is 6.42 Å². The summed E-state index contributed by atoms with van der Waals surface area (Å²) in [5.41, 5.74) is 2.60. The van der Waals surface area contributed by atoms with Gasteiger partial charge < -0.3 is 0 Å². The van der Waals surface area contributed by atoms with Crippen molar-refractivity contribution in [3.63, 3.8) is 0 Å². The summed E-state index contributed by atoms with van der Waals surface area (Å²) in [6.45, 7) is 4.18. The average molecular weight is 197 g/mol. The molecule has 3 heteroatoms. The Morgan fingerprint density at radius 2 is 1.92 bits per heavy atom. The number of nitriles is 1. The van der Waals surface area contributed by atoms with Gasteiger partial charge >= 0.3 is 0 Å². The summed E-state index contributed by atoms with van der Waals surface area (Å²) < 4.78 is 0. The molecule has 0 N–H and O–H groups in total. The van der Waals surface area contributed by atoms with Gasteiger partial charge in [-0.2, -0.15) is 5.26 Å². The van der Waals surface area contributed by atoms with Crippen molar-refractivity contribution in [3.05, 3.63) is 22.8 Å². The number of hydrogen-bond donors (Lipinski definition) is 0. The molecule has 0 spiro atoms. The number of rotatable bonds is 2. The van der Waals surface area contributed by atoms with Crippen LogP contribution in [0.3, 0.4) is 0 Å². The minimum Gasteiger partial charge on any atom is -0.198 e. The van der Waals surface area contributed by atoms with E-state index >= 15 is 0 Å². The van der Waals surface area contributed by atoms with E-state index in [4.69, 9.17) is 17.1 Å². The van der Waals surface area contributed by atoms with Gasteiger partial charge in [0, 0.05) is 6.42 Å². The largest absolute Gasteiger partial charge is 0.198 e. The molecule has 64 valence electrons. The van der Waals surface area contributed by atoms with Crippen LogP contribution in [-0.4, -0.2) is 6.16 Å². The second-order valence-corrected chi connectivity index (χ2v) is 7.82. The lowest BCUT2D eigenvalue weighted by Crippen LogP contribution is -1.79. The summed E-state index contributed by atoms with van der Waals surface area (Å²) in [5.74, 6) is 4.38. The fraction of sp³-hybridized carbons (Fsp3) is 0.444. The molecule has 0 aromatic heterocycles. The van der Waals surface area contributed by atoms with Crippen molar-refractivity contribution in [3.8, 4) is 6.07 Å². The van der Waals surface area contributed by atoms with Crippen LogP contribution >= 0.6 is 6.04 Å². The molecular weight excluding hydrogens is 185 g/mol. The first-order chi connectivity index (χ1) is 5.57. The minimum absolute atomic E-state index is 0.588. The third-order valence-corrected chi connectivity index (χ3v) is 5.77. The van der Waals surface area contributed by atoms with Crippen LogP contribution in [0, 0.1) is 11.3 Å². The summed E-state index contributed by atoms with van der Waals surface area (Å²) in [6, 6.07) is 0.740. The number of nitrogens with zero attached hydrogens (tertiary/aromatic N) is 1. The predicted molar refractivity (Wildman–Crippen MR) is 56.9 cm³/mol. The molecule has 1 rings (SSSR count). The quantitative estimate of drug-likeness (QED) is 0.635. The van der Waals surface area contributed by atoms with Crippen molar-refractivity contribution >= 4 is 17.8 Å². The Labute approximate surface area is 78.8 Å². The van der Waals surface area contributed by atoms with Gasteiger partial charge in [-0.25, -0.2) is 0 Å². The lowest BCUT2D eigenvalue weighted by Gasteiger charge is -2.06. The Kier molecular flexibility index (Phi) is 2.88. The molecule has 0 saturated heterocycles. The zero-order valence-corrected chi connectivity index (χ0v) is 9.08. The SMILES string of the molecule is CC1=CP(=S)(CCC#N)C=C1C. The van der Waals surface area contributed by atoms with E-state index in [0.717, 1.165) is 6.16 Å². The van der Waals surface area contributed by atoms with Crippen LogP contribution < -0.4 is 0 Å². The zero-order chi connectivity index (χ0) is 9.19. The van der Waals surface area contributed by atoms with Crippen LogP contribution in [-0.2, 0) is 11.8 Å². The lowest BCUT2D eigenvalue weighted by atomic mass is 10.2. The van der Waals surface area contributed by atoms with Crippen LogP contribution in [0.25, 0.3) is 0 Å². The van der Waals surface area contributed by atoms with E-state index in [1.54, 1.807) is 0 Å². The van der Waals surface area contributed by atoms with Crippen molar-refractivity contribution in [2.45, 2.75) is 20.3 Å². The standard InChI is InChI=1S/C9H12NPS/c1-8-6-11(12,5-3-4-10)7-9(8)2/h6-7H,3,5H2,1-2H3. The second kappa shape index (κ2) is 3.56. The fourth-order valence-corrected chi connectivity index (χ4v) is 4.97. The highest BCUT2D eigenvalue weighted by molar-refractivity contribution is 8.17. The molecule has 0 aromatic rings. The van der Waals surface area contributed by atoms with Gasteiger partial charge in [0.1, 0.15) is 0 Å². The first kappa shape index (κ1) is 9.71. The van der Waals surface area contributed by atoms with E-state index in [1.807, 2.05) is 0 Å². The van der Waals surface area contributed by atoms with Gasteiger partial charge in [0.15, 0.2) is 0 Å². The maximum absolute atomic E-state index is 8.45. The highest BCUT2D eigenvalue weighted by Crippen LogP contribution is 2.56. The molecule has 0 unspecified atom stereocenters. The minimum atomic E-state index is -1.41. The molecule has 0 amide bonds. The highest BCUT2D eigenvalue weighted by Gasteiger charge is 2.17. The number of allylic oxidation sites excluding steroid dienone is 2. The van der Waals surface area contributed by atoms with Crippen LogP contribution in [0.5, 0.6) is 0 Å². The summed E-state index contributed by atoms with van der Waals surface area (Å²) in [4.78, 5) is 0. The maximum atomic E-state index is 8.45. The topological polar surface area (TPSA) is 23.8 Å². The maximum Gasteiger partial charge on any atom is 0.0625 e. The van der Waals surface area contributed by atoms with Crippen LogP contribution in [0.15, 0.2) is 22.8 Å². The Morgan fingerprint density at radius 1 is 1.42 bits per heavy atom. The van der Waals surface area contributed by atoms with E-state index in [2.05, 4.69) is 31.6 Å².